The first-order chi connectivity index (χ1) is 12.7. The maximum atomic E-state index is 5.55. The van der Waals surface area contributed by atoms with Crippen LogP contribution in [0.5, 0.6) is 0 Å². The first-order valence-electron chi connectivity index (χ1n) is 9.45. The van der Waals surface area contributed by atoms with Gasteiger partial charge in [0.25, 0.3) is 0 Å². The van der Waals surface area contributed by atoms with Gasteiger partial charge in [0.2, 0.25) is 0 Å². The SMILES string of the molecule is NC1CCC(N)C1.c1ccc(C2(c3ccccc3)c3ccccc32)cc1. The lowest BCUT2D eigenvalue weighted by Crippen LogP contribution is -2.20. The van der Waals surface area contributed by atoms with Crippen molar-refractivity contribution < 1.29 is 0 Å². The Morgan fingerprint density at radius 3 is 1.31 bits per heavy atom. The van der Waals surface area contributed by atoms with E-state index in [-0.39, 0.29) is 5.41 Å². The average Bonchev–Trinajstić information content (AvgIpc) is 3.24. The number of rotatable bonds is 2. The Balaban J connectivity index is 0.000000204. The van der Waals surface area contributed by atoms with E-state index in [0.29, 0.717) is 12.1 Å². The highest BCUT2D eigenvalue weighted by Gasteiger charge is 2.52. The standard InChI is InChI=1S/C19H14.C5H12N2/c1-3-9-15(10-4-1)19(16-11-5-2-6-12-16)17-13-7-8-14-18(17)19;6-4-1-2-5(7)3-4/h1-14H;4-5H,1-3,6-7H2. The van der Waals surface area contributed by atoms with E-state index in [2.05, 4.69) is 84.9 Å². The van der Waals surface area contributed by atoms with Crippen LogP contribution in [0.4, 0.5) is 0 Å². The highest BCUT2D eigenvalue weighted by Crippen LogP contribution is 2.58. The van der Waals surface area contributed by atoms with Crippen molar-refractivity contribution in [2.24, 2.45) is 11.5 Å². The average molecular weight is 342 g/mol. The second-order valence-electron chi connectivity index (χ2n) is 7.36. The van der Waals surface area contributed by atoms with Crippen LogP contribution in [0.2, 0.25) is 0 Å². The summed E-state index contributed by atoms with van der Waals surface area (Å²) >= 11 is 0. The molecule has 0 spiro atoms. The van der Waals surface area contributed by atoms with Gasteiger partial charge in [0.1, 0.15) is 0 Å². The third-order valence-electron chi connectivity index (χ3n) is 5.60. The Kier molecular flexibility index (Phi) is 4.62. The van der Waals surface area contributed by atoms with Crippen LogP contribution in [0, 0.1) is 0 Å². The summed E-state index contributed by atoms with van der Waals surface area (Å²) in [5.74, 6) is 0. The molecule has 0 bridgehead atoms. The number of benzene rings is 3. The lowest BCUT2D eigenvalue weighted by Gasteiger charge is -2.17. The number of hydrogen-bond acceptors (Lipinski definition) is 2. The fourth-order valence-electron chi connectivity index (χ4n) is 4.27. The van der Waals surface area contributed by atoms with Crippen LogP contribution in [0.1, 0.15) is 41.5 Å². The summed E-state index contributed by atoms with van der Waals surface area (Å²) in [4.78, 5) is 0. The molecule has 3 aromatic carbocycles. The van der Waals surface area contributed by atoms with E-state index in [0.717, 1.165) is 19.3 Å². The van der Waals surface area contributed by atoms with Crippen LogP contribution < -0.4 is 11.5 Å². The van der Waals surface area contributed by atoms with Gasteiger partial charge in [0.05, 0.1) is 5.41 Å². The van der Waals surface area contributed by atoms with Crippen LogP contribution in [0.25, 0.3) is 0 Å². The molecule has 1 saturated carbocycles. The van der Waals surface area contributed by atoms with Crippen molar-refractivity contribution in [3.05, 3.63) is 107 Å². The molecule has 0 saturated heterocycles. The third-order valence-corrected chi connectivity index (χ3v) is 5.60. The molecule has 26 heavy (non-hydrogen) atoms. The van der Waals surface area contributed by atoms with Gasteiger partial charge in [-0.2, -0.15) is 0 Å². The molecule has 0 heterocycles. The van der Waals surface area contributed by atoms with Crippen molar-refractivity contribution in [3.8, 4) is 0 Å². The molecule has 0 aliphatic heterocycles. The lowest BCUT2D eigenvalue weighted by atomic mass is 9.84. The highest BCUT2D eigenvalue weighted by molar-refractivity contribution is 5.74. The summed E-state index contributed by atoms with van der Waals surface area (Å²) < 4.78 is 0. The molecule has 0 aromatic heterocycles. The van der Waals surface area contributed by atoms with Gasteiger partial charge in [-0.05, 0) is 41.5 Å². The predicted molar refractivity (Wildman–Crippen MR) is 108 cm³/mol. The first-order valence-corrected chi connectivity index (χ1v) is 9.45. The molecular formula is C24H26N2. The van der Waals surface area contributed by atoms with Gasteiger partial charge in [-0.25, -0.2) is 0 Å². The fraction of sp³-hybridized carbons (Fsp3) is 0.250. The Labute approximate surface area is 155 Å². The predicted octanol–water partition coefficient (Wildman–Crippen LogP) is 4.21. The van der Waals surface area contributed by atoms with Crippen LogP contribution in [-0.2, 0) is 5.41 Å². The third kappa shape index (κ3) is 2.96. The van der Waals surface area contributed by atoms with Gasteiger partial charge >= 0.3 is 0 Å². The molecule has 0 amide bonds. The zero-order valence-electron chi connectivity index (χ0n) is 15.0. The van der Waals surface area contributed by atoms with E-state index in [1.54, 1.807) is 0 Å². The van der Waals surface area contributed by atoms with E-state index in [1.807, 2.05) is 0 Å². The lowest BCUT2D eigenvalue weighted by molar-refractivity contribution is 0.666. The van der Waals surface area contributed by atoms with Gasteiger partial charge in [-0.3, -0.25) is 0 Å². The molecule has 4 N–H and O–H groups in total. The smallest absolute Gasteiger partial charge is 0.0708 e. The second kappa shape index (κ2) is 7.06. The molecule has 2 atom stereocenters. The van der Waals surface area contributed by atoms with Crippen molar-refractivity contribution in [3.63, 3.8) is 0 Å². The normalized spacial score (nSPS) is 22.1. The summed E-state index contributed by atoms with van der Waals surface area (Å²) in [5, 5.41) is 0. The maximum Gasteiger partial charge on any atom is 0.0708 e. The van der Waals surface area contributed by atoms with Crippen molar-refractivity contribution >= 4 is 0 Å². The van der Waals surface area contributed by atoms with E-state index in [9.17, 15) is 0 Å². The molecule has 3 aromatic rings. The van der Waals surface area contributed by atoms with Crippen molar-refractivity contribution in [2.45, 2.75) is 36.8 Å². The Morgan fingerprint density at radius 1 is 0.577 bits per heavy atom. The zero-order valence-corrected chi connectivity index (χ0v) is 15.0. The van der Waals surface area contributed by atoms with E-state index >= 15 is 0 Å². The van der Waals surface area contributed by atoms with E-state index in [4.69, 9.17) is 11.5 Å². The molecule has 132 valence electrons. The van der Waals surface area contributed by atoms with Crippen LogP contribution in [-0.4, -0.2) is 12.1 Å². The molecule has 2 nitrogen and oxygen atoms in total. The van der Waals surface area contributed by atoms with Crippen molar-refractivity contribution in [1.29, 1.82) is 0 Å². The molecule has 2 aliphatic carbocycles. The molecule has 5 rings (SSSR count). The minimum atomic E-state index is -0.00792. The van der Waals surface area contributed by atoms with E-state index < -0.39 is 0 Å². The van der Waals surface area contributed by atoms with Crippen LogP contribution in [0.15, 0.2) is 84.9 Å². The van der Waals surface area contributed by atoms with Crippen LogP contribution >= 0.6 is 0 Å². The van der Waals surface area contributed by atoms with Gasteiger partial charge in [0, 0.05) is 12.1 Å². The van der Waals surface area contributed by atoms with Crippen LogP contribution in [0.3, 0.4) is 0 Å². The first kappa shape index (κ1) is 17.0. The van der Waals surface area contributed by atoms with Gasteiger partial charge < -0.3 is 11.5 Å². The topological polar surface area (TPSA) is 52.0 Å². The monoisotopic (exact) mass is 342 g/mol. The highest BCUT2D eigenvalue weighted by atomic mass is 14.7. The molecule has 2 heteroatoms. The molecular weight excluding hydrogens is 316 g/mol. The summed E-state index contributed by atoms with van der Waals surface area (Å²) in [6, 6.07) is 31.1. The van der Waals surface area contributed by atoms with Gasteiger partial charge in [-0.1, -0.05) is 84.9 Å². The molecule has 2 aliphatic rings. The molecule has 0 radical (unpaired) electrons. The summed E-state index contributed by atoms with van der Waals surface area (Å²) in [6.07, 6.45) is 3.28. The largest absolute Gasteiger partial charge is 0.328 e. The maximum absolute atomic E-state index is 5.55. The Hall–Kier alpha value is -2.42. The van der Waals surface area contributed by atoms with Crippen molar-refractivity contribution in [1.82, 2.24) is 0 Å². The zero-order chi connectivity index (χ0) is 18.0. The quantitative estimate of drug-likeness (QED) is 0.573. The van der Waals surface area contributed by atoms with Gasteiger partial charge in [0.15, 0.2) is 0 Å². The van der Waals surface area contributed by atoms with E-state index in [1.165, 1.54) is 22.3 Å². The second-order valence-corrected chi connectivity index (χ2v) is 7.36. The van der Waals surface area contributed by atoms with Gasteiger partial charge in [-0.15, -0.1) is 0 Å². The minimum Gasteiger partial charge on any atom is -0.328 e. The number of hydrogen-bond donors (Lipinski definition) is 2. The number of nitrogens with two attached hydrogens (primary N) is 2. The fourth-order valence-corrected chi connectivity index (χ4v) is 4.27. The molecule has 1 fully saturated rings. The Bertz CT molecular complexity index is 785. The molecule has 2 unspecified atom stereocenters. The minimum absolute atomic E-state index is 0.00792. The summed E-state index contributed by atoms with van der Waals surface area (Å²) in [5.41, 5.74) is 16.7. The number of fused-ring (bicyclic) bond motifs is 1. The van der Waals surface area contributed by atoms with Crippen molar-refractivity contribution in [2.75, 3.05) is 0 Å². The summed E-state index contributed by atoms with van der Waals surface area (Å²) in [6.45, 7) is 0. The Morgan fingerprint density at radius 2 is 0.962 bits per heavy atom. The summed E-state index contributed by atoms with van der Waals surface area (Å²) in [7, 11) is 0.